The molecule has 0 atom stereocenters. The van der Waals surface area contributed by atoms with Crippen LogP contribution in [-0.2, 0) is 6.54 Å². The first-order chi connectivity index (χ1) is 11.8. The van der Waals surface area contributed by atoms with Crippen LogP contribution in [0.25, 0.3) is 22.3 Å². The van der Waals surface area contributed by atoms with Crippen molar-refractivity contribution < 1.29 is 0 Å². The molecule has 0 unspecified atom stereocenters. The summed E-state index contributed by atoms with van der Waals surface area (Å²) in [4.78, 5) is 24.9. The van der Waals surface area contributed by atoms with Gasteiger partial charge in [0.25, 0.3) is 5.56 Å². The van der Waals surface area contributed by atoms with Crippen LogP contribution in [0.15, 0.2) is 78.1 Å². The van der Waals surface area contributed by atoms with Crippen molar-refractivity contribution in [2.24, 2.45) is 0 Å². The van der Waals surface area contributed by atoms with E-state index in [1.807, 2.05) is 48.7 Å². The van der Waals surface area contributed by atoms with E-state index in [0.29, 0.717) is 17.7 Å². The Kier molecular flexibility index (Phi) is 3.59. The van der Waals surface area contributed by atoms with Gasteiger partial charge in [-0.2, -0.15) is 0 Å². The Morgan fingerprint density at radius 3 is 2.62 bits per heavy atom. The van der Waals surface area contributed by atoms with Gasteiger partial charge in [-0.15, -0.1) is 0 Å². The molecule has 0 N–H and O–H groups in total. The average Bonchev–Trinajstić information content (AvgIpc) is 2.65. The Labute approximate surface area is 138 Å². The molecule has 0 saturated heterocycles. The summed E-state index contributed by atoms with van der Waals surface area (Å²) in [6.45, 7) is 0.447. The van der Waals surface area contributed by atoms with Gasteiger partial charge in [-0.3, -0.25) is 14.3 Å². The third-order valence-electron chi connectivity index (χ3n) is 3.86. The molecule has 0 radical (unpaired) electrons. The van der Waals surface area contributed by atoms with Gasteiger partial charge >= 0.3 is 0 Å². The first-order valence-electron chi connectivity index (χ1n) is 7.61. The lowest BCUT2D eigenvalue weighted by Gasteiger charge is -2.10. The largest absolute Gasteiger partial charge is 0.286 e. The number of hydrogen-bond acceptors (Lipinski definition) is 4. The molecule has 5 heteroatoms. The lowest BCUT2D eigenvalue weighted by atomic mass is 10.0. The molecule has 1 aromatic carbocycles. The standard InChI is InChI=1S/C19H14N4O/c24-18-12-22-17-7-3-9-21-19(17)23(18)13-14-4-1-5-15(10-14)16-6-2-8-20-11-16/h1-12H,13H2. The Bertz CT molecular complexity index is 1060. The minimum Gasteiger partial charge on any atom is -0.286 e. The van der Waals surface area contributed by atoms with Crippen LogP contribution in [0.1, 0.15) is 5.56 Å². The van der Waals surface area contributed by atoms with Gasteiger partial charge in [0.05, 0.1) is 12.7 Å². The molecule has 116 valence electrons. The maximum absolute atomic E-state index is 12.2. The van der Waals surface area contributed by atoms with E-state index < -0.39 is 0 Å². The number of nitrogens with zero attached hydrogens (tertiary/aromatic N) is 4. The number of aromatic nitrogens is 4. The van der Waals surface area contributed by atoms with Crippen LogP contribution in [0.3, 0.4) is 0 Å². The molecule has 24 heavy (non-hydrogen) atoms. The lowest BCUT2D eigenvalue weighted by molar-refractivity contribution is 0.775. The molecule has 0 amide bonds. The Morgan fingerprint density at radius 2 is 1.75 bits per heavy atom. The highest BCUT2D eigenvalue weighted by Gasteiger charge is 2.07. The van der Waals surface area contributed by atoms with Gasteiger partial charge in [0.15, 0.2) is 5.65 Å². The molecule has 3 heterocycles. The van der Waals surface area contributed by atoms with E-state index in [2.05, 4.69) is 21.0 Å². The smallest absolute Gasteiger partial charge is 0.270 e. The van der Waals surface area contributed by atoms with E-state index in [1.165, 1.54) is 6.20 Å². The van der Waals surface area contributed by atoms with Crippen LogP contribution >= 0.6 is 0 Å². The molecule has 0 aliphatic heterocycles. The highest BCUT2D eigenvalue weighted by Crippen LogP contribution is 2.20. The summed E-state index contributed by atoms with van der Waals surface area (Å²) in [5, 5.41) is 0. The third-order valence-corrected chi connectivity index (χ3v) is 3.86. The van der Waals surface area contributed by atoms with Crippen LogP contribution in [0.2, 0.25) is 0 Å². The molecule has 0 bridgehead atoms. The van der Waals surface area contributed by atoms with Crippen LogP contribution in [0.4, 0.5) is 0 Å². The maximum Gasteiger partial charge on any atom is 0.270 e. The third kappa shape index (κ3) is 2.67. The Morgan fingerprint density at radius 1 is 0.875 bits per heavy atom. The van der Waals surface area contributed by atoms with E-state index in [1.54, 1.807) is 17.0 Å². The highest BCUT2D eigenvalue weighted by atomic mass is 16.1. The molecule has 5 nitrogen and oxygen atoms in total. The molecular formula is C19H14N4O. The summed E-state index contributed by atoms with van der Waals surface area (Å²) in [5.74, 6) is 0. The molecule has 0 aliphatic carbocycles. The van der Waals surface area contributed by atoms with Crippen molar-refractivity contribution in [3.8, 4) is 11.1 Å². The minimum absolute atomic E-state index is 0.159. The van der Waals surface area contributed by atoms with Crippen LogP contribution < -0.4 is 5.56 Å². The van der Waals surface area contributed by atoms with Crippen LogP contribution in [0, 0.1) is 0 Å². The molecule has 4 aromatic rings. The fourth-order valence-corrected chi connectivity index (χ4v) is 2.71. The van der Waals surface area contributed by atoms with Gasteiger partial charge in [-0.1, -0.05) is 24.3 Å². The fourth-order valence-electron chi connectivity index (χ4n) is 2.71. The zero-order valence-corrected chi connectivity index (χ0v) is 12.8. The molecule has 4 rings (SSSR count). The van der Waals surface area contributed by atoms with Crippen molar-refractivity contribution in [1.29, 1.82) is 0 Å². The summed E-state index contributed by atoms with van der Waals surface area (Å²) < 4.78 is 1.64. The SMILES string of the molecule is O=c1cnc2cccnc2n1Cc1cccc(-c2cccnc2)c1. The van der Waals surface area contributed by atoms with Crippen LogP contribution in [0.5, 0.6) is 0 Å². The van der Waals surface area contributed by atoms with Crippen molar-refractivity contribution in [1.82, 2.24) is 19.5 Å². The van der Waals surface area contributed by atoms with Crippen molar-refractivity contribution in [3.05, 3.63) is 89.2 Å². The first-order valence-corrected chi connectivity index (χ1v) is 7.61. The van der Waals surface area contributed by atoms with Crippen molar-refractivity contribution in [2.45, 2.75) is 6.54 Å². The van der Waals surface area contributed by atoms with E-state index in [-0.39, 0.29) is 5.56 Å². The van der Waals surface area contributed by atoms with Gasteiger partial charge < -0.3 is 0 Å². The maximum atomic E-state index is 12.2. The first kappa shape index (κ1) is 14.3. The summed E-state index contributed by atoms with van der Waals surface area (Å²) in [6, 6.07) is 15.7. The van der Waals surface area contributed by atoms with Gasteiger partial charge in [0.2, 0.25) is 0 Å². The highest BCUT2D eigenvalue weighted by molar-refractivity contribution is 5.69. The normalized spacial score (nSPS) is 10.8. The predicted molar refractivity (Wildman–Crippen MR) is 92.6 cm³/mol. The average molecular weight is 314 g/mol. The second-order valence-electron chi connectivity index (χ2n) is 5.47. The van der Waals surface area contributed by atoms with Gasteiger partial charge in [0, 0.05) is 18.6 Å². The van der Waals surface area contributed by atoms with E-state index in [4.69, 9.17) is 0 Å². The molecular weight excluding hydrogens is 300 g/mol. The summed E-state index contributed by atoms with van der Waals surface area (Å²) in [5.41, 5.74) is 4.28. The summed E-state index contributed by atoms with van der Waals surface area (Å²) in [7, 11) is 0. The summed E-state index contributed by atoms with van der Waals surface area (Å²) >= 11 is 0. The van der Waals surface area contributed by atoms with E-state index in [0.717, 1.165) is 16.7 Å². The Balaban J connectivity index is 1.77. The number of hydrogen-bond donors (Lipinski definition) is 0. The minimum atomic E-state index is -0.159. The Hall–Kier alpha value is -3.34. The van der Waals surface area contributed by atoms with Gasteiger partial charge in [-0.25, -0.2) is 9.97 Å². The van der Waals surface area contributed by atoms with Crippen molar-refractivity contribution >= 4 is 11.2 Å². The monoisotopic (exact) mass is 314 g/mol. The second-order valence-corrected chi connectivity index (χ2v) is 5.47. The fraction of sp³-hybridized carbons (Fsp3) is 0.0526. The van der Waals surface area contributed by atoms with Crippen molar-refractivity contribution in [2.75, 3.05) is 0 Å². The topological polar surface area (TPSA) is 60.7 Å². The van der Waals surface area contributed by atoms with Gasteiger partial charge in [0.1, 0.15) is 5.52 Å². The number of fused-ring (bicyclic) bond motifs is 1. The van der Waals surface area contributed by atoms with E-state index in [9.17, 15) is 4.79 Å². The second kappa shape index (κ2) is 6.04. The zero-order valence-electron chi connectivity index (χ0n) is 12.8. The van der Waals surface area contributed by atoms with Gasteiger partial charge in [-0.05, 0) is 41.0 Å². The number of benzene rings is 1. The van der Waals surface area contributed by atoms with Crippen LogP contribution in [-0.4, -0.2) is 19.5 Å². The van der Waals surface area contributed by atoms with Crippen molar-refractivity contribution in [3.63, 3.8) is 0 Å². The quantitative estimate of drug-likeness (QED) is 0.583. The molecule has 0 fully saturated rings. The molecule has 3 aromatic heterocycles. The lowest BCUT2D eigenvalue weighted by Crippen LogP contribution is -2.21. The number of rotatable bonds is 3. The number of pyridine rings is 2. The molecule has 0 spiro atoms. The summed E-state index contributed by atoms with van der Waals surface area (Å²) in [6.07, 6.45) is 6.59. The zero-order chi connectivity index (χ0) is 16.4. The van der Waals surface area contributed by atoms with E-state index >= 15 is 0 Å². The molecule has 0 saturated carbocycles. The predicted octanol–water partition coefficient (Wildman–Crippen LogP) is 2.90. The molecule has 0 aliphatic rings.